The molecule has 1 atom stereocenters. The number of benzene rings is 2. The lowest BCUT2D eigenvalue weighted by atomic mass is 10.0. The van der Waals surface area contributed by atoms with E-state index in [1.807, 2.05) is 12.1 Å². The van der Waals surface area contributed by atoms with E-state index in [0.717, 1.165) is 22.9 Å². The minimum absolute atomic E-state index is 0.00737. The van der Waals surface area contributed by atoms with E-state index in [1.165, 1.54) is 31.4 Å². The van der Waals surface area contributed by atoms with Crippen LogP contribution in [0.3, 0.4) is 0 Å². The molecule has 2 aromatic carbocycles. The van der Waals surface area contributed by atoms with Gasteiger partial charge in [0.2, 0.25) is 10.0 Å². The predicted molar refractivity (Wildman–Crippen MR) is 111 cm³/mol. The summed E-state index contributed by atoms with van der Waals surface area (Å²) < 4.78 is 32.7. The molecule has 3 rings (SSSR count). The van der Waals surface area contributed by atoms with E-state index in [9.17, 15) is 18.0 Å². The Bertz CT molecular complexity index is 987. The molecule has 154 valence electrons. The summed E-state index contributed by atoms with van der Waals surface area (Å²) >= 11 is 3.35. The molecular formula is C20H21BrN2O5S. The molecule has 0 radical (unpaired) electrons. The third kappa shape index (κ3) is 5.88. The van der Waals surface area contributed by atoms with Gasteiger partial charge >= 0.3 is 5.97 Å². The van der Waals surface area contributed by atoms with Crippen LogP contribution in [0.15, 0.2) is 57.9 Å². The Balaban J connectivity index is 1.74. The van der Waals surface area contributed by atoms with Crippen LogP contribution in [0.1, 0.15) is 41.2 Å². The fourth-order valence-corrected chi connectivity index (χ4v) is 4.28. The van der Waals surface area contributed by atoms with Crippen LogP contribution in [0.5, 0.6) is 0 Å². The van der Waals surface area contributed by atoms with Crippen molar-refractivity contribution in [2.75, 3.05) is 7.11 Å². The van der Waals surface area contributed by atoms with Gasteiger partial charge in [-0.15, -0.1) is 0 Å². The van der Waals surface area contributed by atoms with Gasteiger partial charge in [-0.3, -0.25) is 9.59 Å². The molecule has 0 aliphatic heterocycles. The van der Waals surface area contributed by atoms with E-state index in [0.29, 0.717) is 5.56 Å². The fraction of sp³-hybridized carbons (Fsp3) is 0.300. The molecule has 1 amide bonds. The van der Waals surface area contributed by atoms with Crippen LogP contribution >= 0.6 is 15.9 Å². The standard InChI is InChI=1S/C20H21BrN2O5S/c1-28-19(24)12-18(13-2-6-15(21)7-3-13)22-20(25)14-4-10-17(11-5-14)29(26,27)23-16-8-9-16/h2-7,10-11,16,18,23H,8-9,12H2,1H3,(H,22,25). The first-order valence-electron chi connectivity index (χ1n) is 9.04. The molecule has 1 aliphatic carbocycles. The van der Waals surface area contributed by atoms with E-state index in [2.05, 4.69) is 26.0 Å². The van der Waals surface area contributed by atoms with Gasteiger partial charge in [0.1, 0.15) is 0 Å². The van der Waals surface area contributed by atoms with Crippen LogP contribution in [-0.4, -0.2) is 33.4 Å². The molecule has 1 unspecified atom stereocenters. The highest BCUT2D eigenvalue weighted by atomic mass is 79.9. The summed E-state index contributed by atoms with van der Waals surface area (Å²) in [5, 5.41) is 2.81. The second-order valence-corrected chi connectivity index (χ2v) is 9.41. The summed E-state index contributed by atoms with van der Waals surface area (Å²) in [6.45, 7) is 0. The summed E-state index contributed by atoms with van der Waals surface area (Å²) in [6.07, 6.45) is 1.66. The van der Waals surface area contributed by atoms with Crippen molar-refractivity contribution < 1.29 is 22.7 Å². The van der Waals surface area contributed by atoms with Gasteiger partial charge in [-0.2, -0.15) is 0 Å². The van der Waals surface area contributed by atoms with Gasteiger partial charge in [0.15, 0.2) is 0 Å². The molecule has 1 saturated carbocycles. The summed E-state index contributed by atoms with van der Waals surface area (Å²) in [5.41, 5.74) is 1.04. The number of hydrogen-bond donors (Lipinski definition) is 2. The van der Waals surface area contributed by atoms with Crippen LogP contribution in [0, 0.1) is 0 Å². The maximum atomic E-state index is 12.7. The molecule has 0 spiro atoms. The number of ether oxygens (including phenoxy) is 1. The highest BCUT2D eigenvalue weighted by molar-refractivity contribution is 9.10. The molecule has 0 aromatic heterocycles. The van der Waals surface area contributed by atoms with E-state index in [1.54, 1.807) is 12.1 Å². The fourth-order valence-electron chi connectivity index (χ4n) is 2.71. The number of amides is 1. The second kappa shape index (κ2) is 9.06. The first-order valence-corrected chi connectivity index (χ1v) is 11.3. The largest absolute Gasteiger partial charge is 0.469 e. The van der Waals surface area contributed by atoms with Crippen molar-refractivity contribution in [3.63, 3.8) is 0 Å². The number of esters is 1. The normalized spacial score (nSPS) is 14.8. The lowest BCUT2D eigenvalue weighted by molar-refractivity contribution is -0.141. The predicted octanol–water partition coefficient (Wildman–Crippen LogP) is 2.92. The quantitative estimate of drug-likeness (QED) is 0.565. The number of hydrogen-bond acceptors (Lipinski definition) is 5. The second-order valence-electron chi connectivity index (χ2n) is 6.78. The molecule has 9 heteroatoms. The number of rotatable bonds is 8. The Morgan fingerprint density at radius 1 is 1.10 bits per heavy atom. The van der Waals surface area contributed by atoms with Gasteiger partial charge in [0.05, 0.1) is 24.5 Å². The van der Waals surface area contributed by atoms with Crippen molar-refractivity contribution in [2.45, 2.75) is 36.2 Å². The van der Waals surface area contributed by atoms with Crippen LogP contribution in [0.4, 0.5) is 0 Å². The Hall–Kier alpha value is -2.23. The molecule has 7 nitrogen and oxygen atoms in total. The van der Waals surface area contributed by atoms with Crippen LogP contribution in [0.2, 0.25) is 0 Å². The summed E-state index contributed by atoms with van der Waals surface area (Å²) in [7, 11) is -2.29. The number of carbonyl (C=O) groups is 2. The molecule has 1 aliphatic rings. The molecule has 2 aromatic rings. The minimum atomic E-state index is -3.58. The zero-order chi connectivity index (χ0) is 21.0. The Morgan fingerprint density at radius 2 is 1.72 bits per heavy atom. The van der Waals surface area contributed by atoms with Crippen molar-refractivity contribution in [1.82, 2.24) is 10.0 Å². The van der Waals surface area contributed by atoms with Crippen molar-refractivity contribution in [2.24, 2.45) is 0 Å². The summed E-state index contributed by atoms with van der Waals surface area (Å²) in [5.74, 6) is -0.869. The number of halogens is 1. The molecule has 2 N–H and O–H groups in total. The summed E-state index contributed by atoms with van der Waals surface area (Å²) in [6, 6.07) is 12.4. The number of nitrogens with one attached hydrogen (secondary N) is 2. The van der Waals surface area contributed by atoms with Crippen molar-refractivity contribution in [3.05, 3.63) is 64.1 Å². The van der Waals surface area contributed by atoms with Gasteiger partial charge in [0.25, 0.3) is 5.91 Å². The first-order chi connectivity index (χ1) is 13.8. The highest BCUT2D eigenvalue weighted by Gasteiger charge is 2.28. The van der Waals surface area contributed by atoms with E-state index >= 15 is 0 Å². The smallest absolute Gasteiger partial charge is 0.307 e. The Labute approximate surface area is 178 Å². The average molecular weight is 481 g/mol. The first kappa shape index (κ1) is 21.5. The SMILES string of the molecule is COC(=O)CC(NC(=O)c1ccc(S(=O)(=O)NC2CC2)cc1)c1ccc(Br)cc1. The number of carbonyl (C=O) groups excluding carboxylic acids is 2. The molecule has 1 fully saturated rings. The van der Waals surface area contributed by atoms with Gasteiger partial charge in [-0.05, 0) is 54.8 Å². The number of methoxy groups -OCH3 is 1. The van der Waals surface area contributed by atoms with Gasteiger partial charge in [0, 0.05) is 16.1 Å². The molecule has 0 heterocycles. The Kier molecular flexibility index (Phi) is 6.71. The lowest BCUT2D eigenvalue weighted by Gasteiger charge is -2.18. The maximum absolute atomic E-state index is 12.7. The third-order valence-electron chi connectivity index (χ3n) is 4.50. The highest BCUT2D eigenvalue weighted by Crippen LogP contribution is 2.23. The lowest BCUT2D eigenvalue weighted by Crippen LogP contribution is -2.30. The van der Waals surface area contributed by atoms with E-state index in [4.69, 9.17) is 4.74 Å². The van der Waals surface area contributed by atoms with Gasteiger partial charge in [-0.1, -0.05) is 28.1 Å². The van der Waals surface area contributed by atoms with Crippen molar-refractivity contribution >= 4 is 37.8 Å². The third-order valence-corrected chi connectivity index (χ3v) is 6.57. The van der Waals surface area contributed by atoms with Crippen LogP contribution in [0.25, 0.3) is 0 Å². The van der Waals surface area contributed by atoms with Gasteiger partial charge < -0.3 is 10.1 Å². The van der Waals surface area contributed by atoms with Crippen molar-refractivity contribution in [1.29, 1.82) is 0 Å². The Morgan fingerprint density at radius 3 is 2.28 bits per heavy atom. The van der Waals surface area contributed by atoms with Crippen LogP contribution < -0.4 is 10.0 Å². The average Bonchev–Trinajstić information content (AvgIpc) is 3.51. The van der Waals surface area contributed by atoms with Crippen molar-refractivity contribution in [3.8, 4) is 0 Å². The topological polar surface area (TPSA) is 102 Å². The van der Waals surface area contributed by atoms with Crippen LogP contribution in [-0.2, 0) is 19.6 Å². The van der Waals surface area contributed by atoms with E-state index < -0.39 is 27.9 Å². The minimum Gasteiger partial charge on any atom is -0.469 e. The molecule has 0 bridgehead atoms. The van der Waals surface area contributed by atoms with Gasteiger partial charge in [-0.25, -0.2) is 13.1 Å². The zero-order valence-electron chi connectivity index (χ0n) is 15.7. The summed E-state index contributed by atoms with van der Waals surface area (Å²) in [4.78, 5) is 24.6. The maximum Gasteiger partial charge on any atom is 0.307 e. The molecular weight excluding hydrogens is 460 g/mol. The molecule has 29 heavy (non-hydrogen) atoms. The molecule has 0 saturated heterocycles. The monoisotopic (exact) mass is 480 g/mol. The van der Waals surface area contributed by atoms with E-state index in [-0.39, 0.29) is 17.4 Å². The zero-order valence-corrected chi connectivity index (χ0v) is 18.1. The number of sulfonamides is 1.